The standard InChI is InChI=1S/C15H25N3O/c1-2-17-6-8-18(9-7-17)12-13-5-10-19-15(13)11-16-14-3-4-14/h5,10,14,16H,2-4,6-9,11-12H2,1H3. The van der Waals surface area contributed by atoms with E-state index in [-0.39, 0.29) is 0 Å². The van der Waals surface area contributed by atoms with Crippen LogP contribution in [0.5, 0.6) is 0 Å². The zero-order valence-electron chi connectivity index (χ0n) is 11.9. The number of piperazine rings is 1. The summed E-state index contributed by atoms with van der Waals surface area (Å²) in [5.74, 6) is 1.13. The molecule has 0 radical (unpaired) electrons. The fourth-order valence-corrected chi connectivity index (χ4v) is 2.69. The number of hydrogen-bond acceptors (Lipinski definition) is 4. The molecule has 19 heavy (non-hydrogen) atoms. The van der Waals surface area contributed by atoms with E-state index in [0.29, 0.717) is 0 Å². The Balaban J connectivity index is 1.50. The molecule has 1 aliphatic carbocycles. The fraction of sp³-hybridized carbons (Fsp3) is 0.733. The van der Waals surface area contributed by atoms with Crippen molar-refractivity contribution in [2.45, 2.75) is 38.9 Å². The number of furan rings is 1. The summed E-state index contributed by atoms with van der Waals surface area (Å²) in [6, 6.07) is 2.88. The third kappa shape index (κ3) is 3.59. The number of likely N-dealkylation sites (N-methyl/N-ethyl adjacent to an activating group) is 1. The van der Waals surface area contributed by atoms with E-state index in [1.54, 1.807) is 0 Å². The lowest BCUT2D eigenvalue weighted by Gasteiger charge is -2.33. The smallest absolute Gasteiger partial charge is 0.122 e. The van der Waals surface area contributed by atoms with Crippen LogP contribution in [-0.2, 0) is 13.1 Å². The predicted octanol–water partition coefficient (Wildman–Crippen LogP) is 1.67. The quantitative estimate of drug-likeness (QED) is 0.846. The largest absolute Gasteiger partial charge is 0.468 e. The van der Waals surface area contributed by atoms with Gasteiger partial charge in [0.2, 0.25) is 0 Å². The van der Waals surface area contributed by atoms with Gasteiger partial charge in [-0.2, -0.15) is 0 Å². The van der Waals surface area contributed by atoms with Gasteiger partial charge in [0.15, 0.2) is 0 Å². The molecule has 0 amide bonds. The van der Waals surface area contributed by atoms with Crippen LogP contribution in [0.25, 0.3) is 0 Å². The molecule has 0 spiro atoms. The number of nitrogens with one attached hydrogen (secondary N) is 1. The van der Waals surface area contributed by atoms with Gasteiger partial charge in [0.25, 0.3) is 0 Å². The highest BCUT2D eigenvalue weighted by molar-refractivity contribution is 5.17. The summed E-state index contributed by atoms with van der Waals surface area (Å²) < 4.78 is 5.63. The summed E-state index contributed by atoms with van der Waals surface area (Å²) in [5.41, 5.74) is 1.36. The van der Waals surface area contributed by atoms with Crippen LogP contribution < -0.4 is 5.32 Å². The second kappa shape index (κ2) is 6.07. The molecule has 2 aliphatic rings. The summed E-state index contributed by atoms with van der Waals surface area (Å²) in [6.45, 7) is 10.1. The zero-order valence-corrected chi connectivity index (χ0v) is 11.9. The molecule has 4 heteroatoms. The zero-order chi connectivity index (χ0) is 13.1. The molecule has 1 saturated heterocycles. The first kappa shape index (κ1) is 13.2. The lowest BCUT2D eigenvalue weighted by Crippen LogP contribution is -2.45. The molecule has 0 atom stereocenters. The minimum absolute atomic E-state index is 0.742. The van der Waals surface area contributed by atoms with E-state index in [9.17, 15) is 0 Å². The SMILES string of the molecule is CCN1CCN(Cc2ccoc2CNC2CC2)CC1. The molecule has 1 aromatic rings. The average molecular weight is 263 g/mol. The molecule has 1 aromatic heterocycles. The van der Waals surface area contributed by atoms with Crippen molar-refractivity contribution in [3.05, 3.63) is 23.7 Å². The minimum atomic E-state index is 0.742. The van der Waals surface area contributed by atoms with Crippen molar-refractivity contribution in [2.75, 3.05) is 32.7 Å². The van der Waals surface area contributed by atoms with E-state index in [1.165, 1.54) is 51.1 Å². The van der Waals surface area contributed by atoms with Gasteiger partial charge < -0.3 is 14.6 Å². The summed E-state index contributed by atoms with van der Waals surface area (Å²) in [6.07, 6.45) is 4.49. The van der Waals surface area contributed by atoms with Gasteiger partial charge in [-0.05, 0) is 25.5 Å². The van der Waals surface area contributed by atoms with Crippen molar-refractivity contribution in [1.29, 1.82) is 0 Å². The van der Waals surface area contributed by atoms with Crippen LogP contribution in [-0.4, -0.2) is 48.6 Å². The third-order valence-electron chi connectivity index (χ3n) is 4.27. The van der Waals surface area contributed by atoms with Crippen LogP contribution in [0.3, 0.4) is 0 Å². The Labute approximate surface area is 115 Å². The van der Waals surface area contributed by atoms with Crippen LogP contribution >= 0.6 is 0 Å². The van der Waals surface area contributed by atoms with E-state index in [0.717, 1.165) is 24.9 Å². The topological polar surface area (TPSA) is 31.6 Å². The van der Waals surface area contributed by atoms with E-state index in [1.807, 2.05) is 6.26 Å². The number of rotatable bonds is 6. The van der Waals surface area contributed by atoms with Crippen molar-refractivity contribution in [2.24, 2.45) is 0 Å². The van der Waals surface area contributed by atoms with Crippen molar-refractivity contribution < 1.29 is 4.42 Å². The highest BCUT2D eigenvalue weighted by Crippen LogP contribution is 2.21. The fourth-order valence-electron chi connectivity index (χ4n) is 2.69. The van der Waals surface area contributed by atoms with Gasteiger partial charge in [0, 0.05) is 44.3 Å². The Morgan fingerprint density at radius 1 is 1.21 bits per heavy atom. The van der Waals surface area contributed by atoms with Crippen LogP contribution in [0.4, 0.5) is 0 Å². The van der Waals surface area contributed by atoms with E-state index in [2.05, 4.69) is 28.1 Å². The Morgan fingerprint density at radius 2 is 1.95 bits per heavy atom. The van der Waals surface area contributed by atoms with Crippen molar-refractivity contribution in [1.82, 2.24) is 15.1 Å². The average Bonchev–Trinajstić information content (AvgIpc) is 3.18. The maximum Gasteiger partial charge on any atom is 0.122 e. The highest BCUT2D eigenvalue weighted by atomic mass is 16.3. The molecule has 1 N–H and O–H groups in total. The highest BCUT2D eigenvalue weighted by Gasteiger charge is 2.22. The molecule has 0 bridgehead atoms. The third-order valence-corrected chi connectivity index (χ3v) is 4.27. The summed E-state index contributed by atoms with van der Waals surface area (Å²) >= 11 is 0. The lowest BCUT2D eigenvalue weighted by atomic mass is 10.2. The summed E-state index contributed by atoms with van der Waals surface area (Å²) in [5, 5.41) is 3.53. The Hall–Kier alpha value is -0.840. The van der Waals surface area contributed by atoms with Gasteiger partial charge in [0.1, 0.15) is 5.76 Å². The Morgan fingerprint density at radius 3 is 2.63 bits per heavy atom. The summed E-state index contributed by atoms with van der Waals surface area (Å²) in [7, 11) is 0. The van der Waals surface area contributed by atoms with E-state index < -0.39 is 0 Å². The maximum absolute atomic E-state index is 5.63. The first-order valence-corrected chi connectivity index (χ1v) is 7.58. The van der Waals surface area contributed by atoms with Gasteiger partial charge >= 0.3 is 0 Å². The molecular formula is C15H25N3O. The molecule has 2 heterocycles. The van der Waals surface area contributed by atoms with Crippen LogP contribution in [0.2, 0.25) is 0 Å². The molecule has 4 nitrogen and oxygen atoms in total. The Kier molecular flexibility index (Phi) is 4.21. The first-order chi connectivity index (χ1) is 9.35. The van der Waals surface area contributed by atoms with Crippen LogP contribution in [0, 0.1) is 0 Å². The van der Waals surface area contributed by atoms with Crippen molar-refractivity contribution in [3.8, 4) is 0 Å². The number of nitrogens with zero attached hydrogens (tertiary/aromatic N) is 2. The maximum atomic E-state index is 5.63. The van der Waals surface area contributed by atoms with Crippen molar-refractivity contribution in [3.63, 3.8) is 0 Å². The lowest BCUT2D eigenvalue weighted by molar-refractivity contribution is 0.131. The predicted molar refractivity (Wildman–Crippen MR) is 76.0 cm³/mol. The number of hydrogen-bond donors (Lipinski definition) is 1. The first-order valence-electron chi connectivity index (χ1n) is 7.58. The van der Waals surface area contributed by atoms with Crippen LogP contribution in [0.15, 0.2) is 16.7 Å². The second-order valence-electron chi connectivity index (χ2n) is 5.73. The van der Waals surface area contributed by atoms with Crippen molar-refractivity contribution >= 4 is 0 Å². The van der Waals surface area contributed by atoms with Gasteiger partial charge in [-0.25, -0.2) is 0 Å². The molecular weight excluding hydrogens is 238 g/mol. The minimum Gasteiger partial charge on any atom is -0.468 e. The Bertz CT molecular complexity index is 392. The van der Waals surface area contributed by atoms with Gasteiger partial charge in [0.05, 0.1) is 12.8 Å². The molecule has 2 fully saturated rings. The molecule has 1 saturated carbocycles. The molecule has 0 unspecified atom stereocenters. The molecule has 0 aromatic carbocycles. The van der Waals surface area contributed by atoms with Gasteiger partial charge in [-0.3, -0.25) is 4.90 Å². The monoisotopic (exact) mass is 263 g/mol. The van der Waals surface area contributed by atoms with Gasteiger partial charge in [-0.15, -0.1) is 0 Å². The second-order valence-corrected chi connectivity index (χ2v) is 5.73. The summed E-state index contributed by atoms with van der Waals surface area (Å²) in [4.78, 5) is 5.05. The molecule has 3 rings (SSSR count). The van der Waals surface area contributed by atoms with Gasteiger partial charge in [-0.1, -0.05) is 6.92 Å². The molecule has 1 aliphatic heterocycles. The normalized spacial score (nSPS) is 21.9. The van der Waals surface area contributed by atoms with Crippen LogP contribution in [0.1, 0.15) is 31.1 Å². The molecule has 106 valence electrons. The van der Waals surface area contributed by atoms with E-state index >= 15 is 0 Å². The van der Waals surface area contributed by atoms with E-state index in [4.69, 9.17) is 4.42 Å².